The van der Waals surface area contributed by atoms with Gasteiger partial charge in [-0.3, -0.25) is 4.72 Å². The molecule has 1 heterocycles. The smallest absolute Gasteiger partial charge is 0.261 e. The van der Waals surface area contributed by atoms with Gasteiger partial charge in [0.1, 0.15) is 0 Å². The molecule has 0 radical (unpaired) electrons. The van der Waals surface area contributed by atoms with E-state index in [1.807, 2.05) is 36.4 Å². The van der Waals surface area contributed by atoms with Crippen molar-refractivity contribution >= 4 is 21.4 Å². The fourth-order valence-corrected chi connectivity index (χ4v) is 4.67. The van der Waals surface area contributed by atoms with Crippen LogP contribution in [0.15, 0.2) is 53.4 Å². The minimum atomic E-state index is -3.57. The van der Waals surface area contributed by atoms with Gasteiger partial charge in [0, 0.05) is 37.6 Å². The standard InChI is InChI=1S/C23H33N3O2S/c1-3-4-5-6-7-20-8-14-23(15-9-20)29(27,28)24-21-10-12-22(13-11-21)26-18-16-25(2)17-19-26/h8-15,24H,3-7,16-19H2,1-2H3. The van der Waals surface area contributed by atoms with E-state index in [0.29, 0.717) is 10.6 Å². The summed E-state index contributed by atoms with van der Waals surface area (Å²) in [7, 11) is -1.44. The molecule has 0 spiro atoms. The minimum absolute atomic E-state index is 0.304. The largest absolute Gasteiger partial charge is 0.369 e. The molecular formula is C23H33N3O2S. The highest BCUT2D eigenvalue weighted by molar-refractivity contribution is 7.92. The number of nitrogens with zero attached hydrogens (tertiary/aromatic N) is 2. The van der Waals surface area contributed by atoms with Crippen LogP contribution in [0.3, 0.4) is 0 Å². The summed E-state index contributed by atoms with van der Waals surface area (Å²) in [5.74, 6) is 0. The summed E-state index contributed by atoms with van der Waals surface area (Å²) in [4.78, 5) is 4.95. The molecule has 0 bridgehead atoms. The minimum Gasteiger partial charge on any atom is -0.369 e. The predicted molar refractivity (Wildman–Crippen MR) is 121 cm³/mol. The van der Waals surface area contributed by atoms with Crippen molar-refractivity contribution in [3.05, 3.63) is 54.1 Å². The number of likely N-dealkylation sites (N-methyl/N-ethyl adjacent to an activating group) is 1. The molecule has 1 aliphatic rings. The van der Waals surface area contributed by atoms with E-state index in [-0.39, 0.29) is 0 Å². The second-order valence-corrected chi connectivity index (χ2v) is 9.58. The van der Waals surface area contributed by atoms with E-state index in [1.165, 1.54) is 24.8 Å². The number of hydrogen-bond donors (Lipinski definition) is 1. The molecule has 29 heavy (non-hydrogen) atoms. The molecule has 1 N–H and O–H groups in total. The molecule has 1 fully saturated rings. The van der Waals surface area contributed by atoms with Crippen LogP contribution in [-0.2, 0) is 16.4 Å². The molecule has 6 heteroatoms. The Kier molecular flexibility index (Phi) is 7.56. The number of benzene rings is 2. The van der Waals surface area contributed by atoms with Crippen molar-refractivity contribution < 1.29 is 8.42 Å². The second-order valence-electron chi connectivity index (χ2n) is 7.90. The summed E-state index contributed by atoms with van der Waals surface area (Å²) in [5.41, 5.74) is 2.91. The lowest BCUT2D eigenvalue weighted by Gasteiger charge is -2.34. The Hall–Kier alpha value is -2.05. The van der Waals surface area contributed by atoms with Gasteiger partial charge in [-0.05, 0) is 61.9 Å². The van der Waals surface area contributed by atoms with Gasteiger partial charge < -0.3 is 9.80 Å². The lowest BCUT2D eigenvalue weighted by Crippen LogP contribution is -2.44. The SMILES string of the molecule is CCCCCCc1ccc(S(=O)(=O)Nc2ccc(N3CCN(C)CC3)cc2)cc1. The Bertz CT molecular complexity index is 856. The maximum atomic E-state index is 12.7. The molecule has 0 saturated carbocycles. The number of nitrogens with one attached hydrogen (secondary N) is 1. The highest BCUT2D eigenvalue weighted by Crippen LogP contribution is 2.22. The molecule has 0 amide bonds. The Morgan fingerprint density at radius 1 is 0.862 bits per heavy atom. The quantitative estimate of drug-likeness (QED) is 0.618. The lowest BCUT2D eigenvalue weighted by molar-refractivity contribution is 0.313. The van der Waals surface area contributed by atoms with Crippen LogP contribution < -0.4 is 9.62 Å². The summed E-state index contributed by atoms with van der Waals surface area (Å²) in [6, 6.07) is 14.9. The topological polar surface area (TPSA) is 52.7 Å². The average molecular weight is 416 g/mol. The van der Waals surface area contributed by atoms with Gasteiger partial charge in [-0.25, -0.2) is 8.42 Å². The highest BCUT2D eigenvalue weighted by atomic mass is 32.2. The zero-order chi connectivity index (χ0) is 20.7. The van der Waals surface area contributed by atoms with Gasteiger partial charge in [0.05, 0.1) is 4.90 Å². The number of anilines is 2. The fraction of sp³-hybridized carbons (Fsp3) is 0.478. The molecule has 0 aromatic heterocycles. The van der Waals surface area contributed by atoms with Crippen molar-refractivity contribution in [3.8, 4) is 0 Å². The first-order valence-electron chi connectivity index (χ1n) is 10.6. The van der Waals surface area contributed by atoms with Crippen LogP contribution >= 0.6 is 0 Å². The van der Waals surface area contributed by atoms with E-state index in [9.17, 15) is 8.42 Å². The highest BCUT2D eigenvalue weighted by Gasteiger charge is 2.16. The van der Waals surface area contributed by atoms with Crippen molar-refractivity contribution in [1.29, 1.82) is 0 Å². The fourth-order valence-electron chi connectivity index (χ4n) is 3.61. The first-order chi connectivity index (χ1) is 14.0. The van der Waals surface area contributed by atoms with Crippen LogP contribution in [0, 0.1) is 0 Å². The summed E-state index contributed by atoms with van der Waals surface area (Å²) in [6.45, 7) is 6.28. The number of hydrogen-bond acceptors (Lipinski definition) is 4. The van der Waals surface area contributed by atoms with Crippen LogP contribution in [0.25, 0.3) is 0 Å². The van der Waals surface area contributed by atoms with Gasteiger partial charge in [0.2, 0.25) is 0 Å². The Labute approximate surface area is 175 Å². The van der Waals surface area contributed by atoms with E-state index >= 15 is 0 Å². The molecule has 2 aromatic carbocycles. The van der Waals surface area contributed by atoms with Gasteiger partial charge >= 0.3 is 0 Å². The van der Waals surface area contributed by atoms with E-state index in [2.05, 4.69) is 28.5 Å². The number of sulfonamides is 1. The van der Waals surface area contributed by atoms with Gasteiger partial charge in [0.15, 0.2) is 0 Å². The Morgan fingerprint density at radius 2 is 1.52 bits per heavy atom. The maximum absolute atomic E-state index is 12.7. The Morgan fingerprint density at radius 3 is 2.14 bits per heavy atom. The molecular weight excluding hydrogens is 382 g/mol. The van der Waals surface area contributed by atoms with Gasteiger partial charge in [-0.15, -0.1) is 0 Å². The molecule has 0 unspecified atom stereocenters. The van der Waals surface area contributed by atoms with Gasteiger partial charge in [0.25, 0.3) is 10.0 Å². The van der Waals surface area contributed by atoms with Crippen LogP contribution in [0.4, 0.5) is 11.4 Å². The maximum Gasteiger partial charge on any atom is 0.261 e. The predicted octanol–water partition coefficient (Wildman–Crippen LogP) is 4.36. The molecule has 2 aromatic rings. The van der Waals surface area contributed by atoms with Crippen molar-refractivity contribution in [2.45, 2.75) is 43.9 Å². The van der Waals surface area contributed by atoms with E-state index in [4.69, 9.17) is 0 Å². The molecule has 0 atom stereocenters. The molecule has 1 aliphatic heterocycles. The summed E-state index contributed by atoms with van der Waals surface area (Å²) in [6.07, 6.45) is 5.85. The van der Waals surface area contributed by atoms with Crippen LogP contribution in [-0.4, -0.2) is 46.5 Å². The number of piperazine rings is 1. The molecule has 5 nitrogen and oxygen atoms in total. The van der Waals surface area contributed by atoms with Crippen molar-refractivity contribution in [1.82, 2.24) is 4.90 Å². The summed E-state index contributed by atoms with van der Waals surface area (Å²) < 4.78 is 28.1. The van der Waals surface area contributed by atoms with Crippen molar-refractivity contribution in [2.24, 2.45) is 0 Å². The molecule has 158 valence electrons. The first kappa shape index (κ1) is 21.7. The number of aryl methyl sites for hydroxylation is 1. The van der Waals surface area contributed by atoms with Crippen molar-refractivity contribution in [3.63, 3.8) is 0 Å². The van der Waals surface area contributed by atoms with Gasteiger partial charge in [-0.1, -0.05) is 38.3 Å². The van der Waals surface area contributed by atoms with Crippen LogP contribution in [0.5, 0.6) is 0 Å². The summed E-state index contributed by atoms with van der Waals surface area (Å²) >= 11 is 0. The first-order valence-corrected chi connectivity index (χ1v) is 12.1. The third-order valence-electron chi connectivity index (χ3n) is 5.54. The molecule has 3 rings (SSSR count). The monoisotopic (exact) mass is 415 g/mol. The average Bonchev–Trinajstić information content (AvgIpc) is 2.73. The van der Waals surface area contributed by atoms with E-state index in [1.54, 1.807) is 12.1 Å². The Balaban J connectivity index is 1.58. The third kappa shape index (κ3) is 6.21. The number of unbranched alkanes of at least 4 members (excludes halogenated alkanes) is 3. The van der Waals surface area contributed by atoms with Crippen LogP contribution in [0.1, 0.15) is 38.2 Å². The summed E-state index contributed by atoms with van der Waals surface area (Å²) in [5, 5.41) is 0. The molecule has 1 saturated heterocycles. The zero-order valence-electron chi connectivity index (χ0n) is 17.6. The normalized spacial score (nSPS) is 15.4. The van der Waals surface area contributed by atoms with E-state index < -0.39 is 10.0 Å². The van der Waals surface area contributed by atoms with Gasteiger partial charge in [-0.2, -0.15) is 0 Å². The number of rotatable bonds is 9. The van der Waals surface area contributed by atoms with Crippen LogP contribution in [0.2, 0.25) is 0 Å². The zero-order valence-corrected chi connectivity index (χ0v) is 18.4. The third-order valence-corrected chi connectivity index (χ3v) is 6.94. The van der Waals surface area contributed by atoms with Crippen molar-refractivity contribution in [2.75, 3.05) is 42.8 Å². The second kappa shape index (κ2) is 10.1. The van der Waals surface area contributed by atoms with E-state index in [0.717, 1.165) is 44.7 Å². The lowest BCUT2D eigenvalue weighted by atomic mass is 10.1. The molecule has 0 aliphatic carbocycles.